The SMILES string of the molecule is COc1ccc(C(=O)Nc2nc3c(s2)CCC3C(=O)Nc2ccc(C(C)C)cc2)cc1. The maximum Gasteiger partial charge on any atom is 0.257 e. The third kappa shape index (κ3) is 4.61. The van der Waals surface area contributed by atoms with Crippen LogP contribution in [0.1, 0.15) is 58.6 Å². The lowest BCUT2D eigenvalue weighted by Gasteiger charge is -2.12. The van der Waals surface area contributed by atoms with Gasteiger partial charge in [0.1, 0.15) is 5.75 Å². The monoisotopic (exact) mass is 435 g/mol. The molecule has 1 unspecified atom stereocenters. The van der Waals surface area contributed by atoms with Crippen LogP contribution >= 0.6 is 11.3 Å². The van der Waals surface area contributed by atoms with Crippen LogP contribution in [0.15, 0.2) is 48.5 Å². The molecule has 0 spiro atoms. The molecular formula is C24H25N3O3S. The van der Waals surface area contributed by atoms with Crippen molar-refractivity contribution in [2.24, 2.45) is 0 Å². The molecule has 7 heteroatoms. The Bertz CT molecular complexity index is 1090. The summed E-state index contributed by atoms with van der Waals surface area (Å²) in [6, 6.07) is 14.8. The summed E-state index contributed by atoms with van der Waals surface area (Å²) in [5, 5.41) is 6.37. The number of ether oxygens (including phenoxy) is 1. The Labute approximate surface area is 185 Å². The first-order valence-corrected chi connectivity index (χ1v) is 11.1. The van der Waals surface area contributed by atoms with Gasteiger partial charge in [0.25, 0.3) is 5.91 Å². The molecule has 2 amide bonds. The van der Waals surface area contributed by atoms with Gasteiger partial charge in [-0.25, -0.2) is 4.98 Å². The number of rotatable bonds is 6. The first kappa shape index (κ1) is 21.1. The number of carbonyl (C=O) groups is 2. The van der Waals surface area contributed by atoms with Crippen molar-refractivity contribution in [3.63, 3.8) is 0 Å². The Hall–Kier alpha value is -3.19. The molecule has 160 valence electrons. The molecule has 0 saturated carbocycles. The van der Waals surface area contributed by atoms with Crippen LogP contribution in [0, 0.1) is 0 Å². The maximum absolute atomic E-state index is 12.9. The molecule has 1 atom stereocenters. The van der Waals surface area contributed by atoms with Crippen LogP contribution in [-0.4, -0.2) is 23.9 Å². The number of aromatic nitrogens is 1. The van der Waals surface area contributed by atoms with E-state index < -0.39 is 0 Å². The van der Waals surface area contributed by atoms with Gasteiger partial charge in [-0.3, -0.25) is 14.9 Å². The summed E-state index contributed by atoms with van der Waals surface area (Å²) < 4.78 is 5.12. The first-order valence-electron chi connectivity index (χ1n) is 10.3. The average Bonchev–Trinajstić information content (AvgIpc) is 3.34. The van der Waals surface area contributed by atoms with Gasteiger partial charge in [0.2, 0.25) is 5.91 Å². The highest BCUT2D eigenvalue weighted by Crippen LogP contribution is 2.39. The number of nitrogens with zero attached hydrogens (tertiary/aromatic N) is 1. The van der Waals surface area contributed by atoms with E-state index in [2.05, 4.69) is 29.5 Å². The van der Waals surface area contributed by atoms with Crippen molar-refractivity contribution >= 4 is 34.0 Å². The normalized spacial score (nSPS) is 14.9. The molecule has 3 aromatic rings. The van der Waals surface area contributed by atoms with Gasteiger partial charge < -0.3 is 10.1 Å². The minimum Gasteiger partial charge on any atom is -0.497 e. The van der Waals surface area contributed by atoms with E-state index in [-0.39, 0.29) is 17.7 Å². The smallest absolute Gasteiger partial charge is 0.257 e. The second-order valence-corrected chi connectivity index (χ2v) is 8.95. The molecule has 1 aliphatic carbocycles. The Morgan fingerprint density at radius 1 is 1.06 bits per heavy atom. The zero-order chi connectivity index (χ0) is 22.0. The second kappa shape index (κ2) is 8.89. The molecular weight excluding hydrogens is 410 g/mol. The molecule has 1 aromatic heterocycles. The molecule has 1 heterocycles. The third-order valence-electron chi connectivity index (χ3n) is 5.45. The summed E-state index contributed by atoms with van der Waals surface area (Å²) in [4.78, 5) is 31.0. The standard InChI is InChI=1S/C24H25N3O3S/c1-14(2)15-4-8-17(9-5-15)25-23(29)19-12-13-20-21(19)26-24(31-20)27-22(28)16-6-10-18(30-3)11-7-16/h4-11,14,19H,12-13H2,1-3H3,(H,25,29)(H,26,27,28). The van der Waals surface area contributed by atoms with Crippen molar-refractivity contribution in [3.05, 3.63) is 70.2 Å². The number of nitrogens with one attached hydrogen (secondary N) is 2. The molecule has 0 bridgehead atoms. The highest BCUT2D eigenvalue weighted by atomic mass is 32.1. The largest absolute Gasteiger partial charge is 0.497 e. The number of thiazole rings is 1. The molecule has 0 radical (unpaired) electrons. The minimum absolute atomic E-state index is 0.0608. The Morgan fingerprint density at radius 2 is 1.77 bits per heavy atom. The van der Waals surface area contributed by atoms with Gasteiger partial charge in [-0.05, 0) is 60.7 Å². The number of aryl methyl sites for hydroxylation is 1. The molecule has 0 saturated heterocycles. The van der Waals surface area contributed by atoms with Crippen molar-refractivity contribution in [2.75, 3.05) is 17.7 Å². The van der Waals surface area contributed by atoms with Crippen LogP contribution in [0.5, 0.6) is 5.75 Å². The Kier molecular flexibility index (Phi) is 6.04. The minimum atomic E-state index is -0.303. The molecule has 0 aliphatic heterocycles. The van der Waals surface area contributed by atoms with Gasteiger partial charge in [0, 0.05) is 16.1 Å². The number of benzene rings is 2. The molecule has 1 aliphatic rings. The van der Waals surface area contributed by atoms with Crippen LogP contribution < -0.4 is 15.4 Å². The highest BCUT2D eigenvalue weighted by molar-refractivity contribution is 7.16. The molecule has 4 rings (SSSR count). The third-order valence-corrected chi connectivity index (χ3v) is 6.50. The van der Waals surface area contributed by atoms with E-state index in [0.29, 0.717) is 22.4 Å². The van der Waals surface area contributed by atoms with Crippen molar-refractivity contribution in [3.8, 4) is 5.75 Å². The Morgan fingerprint density at radius 3 is 2.42 bits per heavy atom. The lowest BCUT2D eigenvalue weighted by Crippen LogP contribution is -2.20. The van der Waals surface area contributed by atoms with Crippen LogP contribution in [0.25, 0.3) is 0 Å². The predicted molar refractivity (Wildman–Crippen MR) is 123 cm³/mol. The van der Waals surface area contributed by atoms with Crippen molar-refractivity contribution < 1.29 is 14.3 Å². The van der Waals surface area contributed by atoms with Crippen LogP contribution in [0.4, 0.5) is 10.8 Å². The van der Waals surface area contributed by atoms with E-state index in [1.165, 1.54) is 16.9 Å². The van der Waals surface area contributed by atoms with Crippen LogP contribution in [0.2, 0.25) is 0 Å². The number of hydrogen-bond acceptors (Lipinski definition) is 5. The van der Waals surface area contributed by atoms with Crippen molar-refractivity contribution in [1.29, 1.82) is 0 Å². The quantitative estimate of drug-likeness (QED) is 0.558. The fourth-order valence-corrected chi connectivity index (χ4v) is 4.66. The van der Waals surface area contributed by atoms with E-state index in [0.717, 1.165) is 29.1 Å². The fourth-order valence-electron chi connectivity index (χ4n) is 3.63. The Balaban J connectivity index is 1.42. The zero-order valence-corrected chi connectivity index (χ0v) is 18.6. The maximum atomic E-state index is 12.9. The molecule has 2 N–H and O–H groups in total. The summed E-state index contributed by atoms with van der Waals surface area (Å²) in [6.45, 7) is 4.28. The topological polar surface area (TPSA) is 80.3 Å². The van der Waals surface area contributed by atoms with E-state index in [4.69, 9.17) is 4.74 Å². The molecule has 0 fully saturated rings. The number of fused-ring (bicyclic) bond motifs is 1. The summed E-state index contributed by atoms with van der Waals surface area (Å²) in [5.41, 5.74) is 3.31. The number of amides is 2. The molecule has 2 aromatic carbocycles. The first-order chi connectivity index (χ1) is 14.9. The van der Waals surface area contributed by atoms with E-state index >= 15 is 0 Å². The second-order valence-electron chi connectivity index (χ2n) is 7.87. The van der Waals surface area contributed by atoms with E-state index in [1.54, 1.807) is 31.4 Å². The lowest BCUT2D eigenvalue weighted by molar-refractivity contribution is -0.117. The van der Waals surface area contributed by atoms with E-state index in [1.807, 2.05) is 24.3 Å². The highest BCUT2D eigenvalue weighted by Gasteiger charge is 2.33. The number of carbonyl (C=O) groups excluding carboxylic acids is 2. The van der Waals surface area contributed by atoms with Crippen LogP contribution in [-0.2, 0) is 11.2 Å². The molecule has 31 heavy (non-hydrogen) atoms. The van der Waals surface area contributed by atoms with Crippen LogP contribution in [0.3, 0.4) is 0 Å². The number of hydrogen-bond donors (Lipinski definition) is 2. The predicted octanol–water partition coefficient (Wildman–Crippen LogP) is 5.20. The fraction of sp³-hybridized carbons (Fsp3) is 0.292. The lowest BCUT2D eigenvalue weighted by atomic mass is 10.0. The summed E-state index contributed by atoms with van der Waals surface area (Å²) in [6.07, 6.45) is 1.52. The van der Waals surface area contributed by atoms with Gasteiger partial charge in [-0.15, -0.1) is 11.3 Å². The van der Waals surface area contributed by atoms with Gasteiger partial charge in [0.05, 0.1) is 18.7 Å². The van der Waals surface area contributed by atoms with Gasteiger partial charge >= 0.3 is 0 Å². The zero-order valence-electron chi connectivity index (χ0n) is 17.8. The van der Waals surface area contributed by atoms with E-state index in [9.17, 15) is 9.59 Å². The van der Waals surface area contributed by atoms with Gasteiger partial charge in [-0.1, -0.05) is 26.0 Å². The summed E-state index contributed by atoms with van der Waals surface area (Å²) in [5.74, 6) is 0.541. The van der Waals surface area contributed by atoms with Crippen molar-refractivity contribution in [1.82, 2.24) is 4.98 Å². The number of anilines is 2. The van der Waals surface area contributed by atoms with Gasteiger partial charge in [-0.2, -0.15) is 0 Å². The number of methoxy groups -OCH3 is 1. The summed E-state index contributed by atoms with van der Waals surface area (Å²) >= 11 is 1.44. The average molecular weight is 436 g/mol. The van der Waals surface area contributed by atoms with Crippen molar-refractivity contribution in [2.45, 2.75) is 38.5 Å². The summed E-state index contributed by atoms with van der Waals surface area (Å²) in [7, 11) is 1.58. The molecule has 6 nitrogen and oxygen atoms in total. The van der Waals surface area contributed by atoms with Gasteiger partial charge in [0.15, 0.2) is 5.13 Å².